The normalized spacial score (nSPS) is 12.6. The van der Waals surface area contributed by atoms with Gasteiger partial charge in [0.15, 0.2) is 0 Å². The second-order valence-electron chi connectivity index (χ2n) is 11.6. The molecule has 2 amide bonds. The summed E-state index contributed by atoms with van der Waals surface area (Å²) in [7, 11) is 0. The molecule has 0 aliphatic heterocycles. The van der Waals surface area contributed by atoms with E-state index in [1.165, 1.54) is 22.3 Å². The maximum atomic E-state index is 13.0. The first-order valence-corrected chi connectivity index (χ1v) is 15.1. The zero-order valence-electron chi connectivity index (χ0n) is 25.2. The molecule has 0 unspecified atom stereocenters. The van der Waals surface area contributed by atoms with Gasteiger partial charge in [0.05, 0.1) is 5.41 Å². The SMILES string of the molecule is Cc1cccc(C(=O)Nc2ccc(C3(c4ccc(NC(=O)c5cccc(C)c5)cc4)c4ccccc4-c4ccccc43)cc2)c1. The van der Waals surface area contributed by atoms with E-state index in [2.05, 4.69) is 83.4 Å². The molecule has 0 radical (unpaired) electrons. The van der Waals surface area contributed by atoms with Crippen LogP contribution in [0.1, 0.15) is 54.1 Å². The number of amides is 2. The van der Waals surface area contributed by atoms with Gasteiger partial charge in [0.25, 0.3) is 11.8 Å². The van der Waals surface area contributed by atoms with Gasteiger partial charge in [0, 0.05) is 22.5 Å². The van der Waals surface area contributed by atoms with Crippen LogP contribution in [0.3, 0.4) is 0 Å². The van der Waals surface area contributed by atoms with Gasteiger partial charge >= 0.3 is 0 Å². The fraction of sp³-hybridized carbons (Fsp3) is 0.0732. The van der Waals surface area contributed by atoms with Crippen LogP contribution in [0.2, 0.25) is 0 Å². The van der Waals surface area contributed by atoms with Gasteiger partial charge in [0.1, 0.15) is 0 Å². The molecule has 4 nitrogen and oxygen atoms in total. The van der Waals surface area contributed by atoms with E-state index in [1.54, 1.807) is 0 Å². The Hall–Kier alpha value is -5.74. The molecule has 0 saturated carbocycles. The van der Waals surface area contributed by atoms with Crippen LogP contribution in [-0.4, -0.2) is 11.8 Å². The molecule has 2 N–H and O–H groups in total. The van der Waals surface area contributed by atoms with Crippen molar-refractivity contribution in [3.63, 3.8) is 0 Å². The summed E-state index contributed by atoms with van der Waals surface area (Å²) in [6.45, 7) is 3.96. The molecule has 0 atom stereocenters. The highest BCUT2D eigenvalue weighted by Gasteiger charge is 2.45. The Morgan fingerprint density at radius 3 is 1.27 bits per heavy atom. The van der Waals surface area contributed by atoms with Crippen molar-refractivity contribution < 1.29 is 9.59 Å². The smallest absolute Gasteiger partial charge is 0.255 e. The van der Waals surface area contributed by atoms with Crippen LogP contribution in [0.5, 0.6) is 0 Å². The number of hydrogen-bond donors (Lipinski definition) is 2. The van der Waals surface area contributed by atoms with Crippen molar-refractivity contribution in [2.24, 2.45) is 0 Å². The molecule has 45 heavy (non-hydrogen) atoms. The third kappa shape index (κ3) is 5.00. The largest absolute Gasteiger partial charge is 0.322 e. The number of aryl methyl sites for hydroxylation is 2. The molecule has 1 aliphatic rings. The van der Waals surface area contributed by atoms with Crippen molar-refractivity contribution in [3.05, 3.63) is 190 Å². The molecule has 0 bridgehead atoms. The molecular weight excluding hydrogens is 552 g/mol. The van der Waals surface area contributed by atoms with E-state index in [0.29, 0.717) is 11.1 Å². The van der Waals surface area contributed by atoms with Crippen LogP contribution < -0.4 is 10.6 Å². The summed E-state index contributed by atoms with van der Waals surface area (Å²) in [5.74, 6) is -0.276. The minimum absolute atomic E-state index is 0.138. The standard InChI is InChI=1S/C41H32N2O2/c1-27-9-7-11-29(25-27)39(44)42-33-21-17-31(18-22-33)41(37-15-5-3-13-35(37)36-14-4-6-16-38(36)41)32-19-23-34(24-20-32)43-40(45)30-12-8-10-28(2)26-30/h3-26H,1-2H3,(H,42,44)(H,43,45). The van der Waals surface area contributed by atoms with Crippen molar-refractivity contribution in [2.75, 3.05) is 10.6 Å². The van der Waals surface area contributed by atoms with Gasteiger partial charge in [-0.15, -0.1) is 0 Å². The molecule has 0 fully saturated rings. The number of nitrogens with one attached hydrogen (secondary N) is 2. The first-order chi connectivity index (χ1) is 21.9. The Balaban J connectivity index is 1.29. The summed E-state index contributed by atoms with van der Waals surface area (Å²) in [6.07, 6.45) is 0. The maximum absolute atomic E-state index is 13.0. The lowest BCUT2D eigenvalue weighted by atomic mass is 9.67. The first kappa shape index (κ1) is 28.1. The Bertz CT molecular complexity index is 1910. The van der Waals surface area contributed by atoms with Crippen LogP contribution in [0.4, 0.5) is 11.4 Å². The predicted molar refractivity (Wildman–Crippen MR) is 182 cm³/mol. The molecule has 0 saturated heterocycles. The highest BCUT2D eigenvalue weighted by Crippen LogP contribution is 2.56. The van der Waals surface area contributed by atoms with Gasteiger partial charge in [-0.25, -0.2) is 0 Å². The number of carbonyl (C=O) groups excluding carboxylic acids is 2. The molecule has 1 aliphatic carbocycles. The van der Waals surface area contributed by atoms with Crippen molar-refractivity contribution in [2.45, 2.75) is 19.3 Å². The fourth-order valence-electron chi connectivity index (χ4n) is 6.61. The summed E-state index contributed by atoms with van der Waals surface area (Å²) >= 11 is 0. The van der Waals surface area contributed by atoms with Crippen LogP contribution in [-0.2, 0) is 5.41 Å². The molecule has 0 spiro atoms. The first-order valence-electron chi connectivity index (χ1n) is 15.1. The van der Waals surface area contributed by atoms with E-state index in [9.17, 15) is 9.59 Å². The molecule has 6 aromatic carbocycles. The van der Waals surface area contributed by atoms with Crippen LogP contribution >= 0.6 is 0 Å². The molecule has 0 aromatic heterocycles. The molecule has 6 aromatic rings. The molecule has 0 heterocycles. The number of fused-ring (bicyclic) bond motifs is 3. The predicted octanol–water partition coefficient (Wildman–Crippen LogP) is 9.17. The summed E-state index contributed by atoms with van der Waals surface area (Å²) in [5, 5.41) is 6.11. The molecule has 7 rings (SSSR count). The number of carbonyl (C=O) groups is 2. The highest BCUT2D eigenvalue weighted by molar-refractivity contribution is 6.05. The third-order valence-electron chi connectivity index (χ3n) is 8.66. The zero-order chi connectivity index (χ0) is 31.0. The summed E-state index contributed by atoms with van der Waals surface area (Å²) in [6, 6.07) is 48.6. The van der Waals surface area contributed by atoms with Crippen LogP contribution in [0, 0.1) is 13.8 Å². The minimum atomic E-state index is -0.592. The third-order valence-corrected chi connectivity index (χ3v) is 8.66. The Labute approximate surface area is 263 Å². The van der Waals surface area contributed by atoms with E-state index in [4.69, 9.17) is 0 Å². The number of rotatable bonds is 6. The van der Waals surface area contributed by atoms with Crippen LogP contribution in [0.15, 0.2) is 146 Å². The van der Waals surface area contributed by atoms with E-state index in [1.807, 2.05) is 86.6 Å². The van der Waals surface area contributed by atoms with Gasteiger partial charge in [-0.05, 0) is 95.8 Å². The quantitative estimate of drug-likeness (QED) is 0.205. The number of anilines is 2. The second-order valence-corrected chi connectivity index (χ2v) is 11.6. The monoisotopic (exact) mass is 584 g/mol. The Kier molecular flexibility index (Phi) is 7.11. The number of benzene rings is 6. The van der Waals surface area contributed by atoms with Crippen LogP contribution in [0.25, 0.3) is 11.1 Å². The number of hydrogen-bond acceptors (Lipinski definition) is 2. The van der Waals surface area contributed by atoms with E-state index < -0.39 is 5.41 Å². The van der Waals surface area contributed by atoms with Gasteiger partial charge in [0.2, 0.25) is 0 Å². The fourth-order valence-corrected chi connectivity index (χ4v) is 6.61. The molecular formula is C41H32N2O2. The maximum Gasteiger partial charge on any atom is 0.255 e. The zero-order valence-corrected chi connectivity index (χ0v) is 25.2. The van der Waals surface area contributed by atoms with Crippen molar-refractivity contribution in [1.29, 1.82) is 0 Å². The van der Waals surface area contributed by atoms with E-state index >= 15 is 0 Å². The van der Waals surface area contributed by atoms with Gasteiger partial charge < -0.3 is 10.6 Å². The summed E-state index contributed by atoms with van der Waals surface area (Å²) in [4.78, 5) is 26.0. The average molecular weight is 585 g/mol. The van der Waals surface area contributed by atoms with Crippen molar-refractivity contribution in [1.82, 2.24) is 0 Å². The van der Waals surface area contributed by atoms with Gasteiger partial charge in [-0.1, -0.05) is 108 Å². The summed E-state index contributed by atoms with van der Waals surface area (Å²) in [5.41, 5.74) is 11.2. The van der Waals surface area contributed by atoms with Crippen molar-refractivity contribution in [3.8, 4) is 11.1 Å². The van der Waals surface area contributed by atoms with E-state index in [-0.39, 0.29) is 11.8 Å². The highest BCUT2D eigenvalue weighted by atomic mass is 16.2. The lowest BCUT2D eigenvalue weighted by Gasteiger charge is -2.34. The topological polar surface area (TPSA) is 58.2 Å². The Morgan fingerprint density at radius 1 is 0.467 bits per heavy atom. The average Bonchev–Trinajstić information content (AvgIpc) is 3.37. The van der Waals surface area contributed by atoms with Gasteiger partial charge in [-0.3, -0.25) is 9.59 Å². The molecule has 4 heteroatoms. The molecule has 218 valence electrons. The lowest BCUT2D eigenvalue weighted by Crippen LogP contribution is -2.28. The van der Waals surface area contributed by atoms with Gasteiger partial charge in [-0.2, -0.15) is 0 Å². The minimum Gasteiger partial charge on any atom is -0.322 e. The second kappa shape index (κ2) is 11.4. The van der Waals surface area contributed by atoms with Crippen molar-refractivity contribution >= 4 is 23.2 Å². The van der Waals surface area contributed by atoms with E-state index in [0.717, 1.165) is 33.6 Å². The summed E-state index contributed by atoms with van der Waals surface area (Å²) < 4.78 is 0. The Morgan fingerprint density at radius 2 is 0.867 bits per heavy atom. The lowest BCUT2D eigenvalue weighted by molar-refractivity contribution is 0.101.